The molecule has 0 aliphatic rings. The monoisotopic (exact) mass is 616 g/mol. The number of pyridine rings is 1. The molecule has 0 aliphatic carbocycles. The highest BCUT2D eigenvalue weighted by molar-refractivity contribution is 6.01. The number of hydrogen-bond acceptors (Lipinski definition) is 5. The van der Waals surface area contributed by atoms with Crippen molar-refractivity contribution in [3.05, 3.63) is 107 Å². The molecular formula is C38H53FN4O2. The van der Waals surface area contributed by atoms with Crippen molar-refractivity contribution in [1.29, 1.82) is 0 Å². The van der Waals surface area contributed by atoms with Crippen LogP contribution in [0.3, 0.4) is 0 Å². The number of carbonyl (C=O) groups is 1. The van der Waals surface area contributed by atoms with E-state index in [0.29, 0.717) is 18.7 Å². The van der Waals surface area contributed by atoms with Crippen molar-refractivity contribution in [3.63, 3.8) is 0 Å². The van der Waals surface area contributed by atoms with Gasteiger partial charge in [-0.25, -0.2) is 9.37 Å². The first-order chi connectivity index (χ1) is 21.7. The van der Waals surface area contributed by atoms with Gasteiger partial charge in [-0.15, -0.1) is 0 Å². The summed E-state index contributed by atoms with van der Waals surface area (Å²) in [6, 6.07) is 21.1. The third-order valence-corrected chi connectivity index (χ3v) is 7.09. The average Bonchev–Trinajstić information content (AvgIpc) is 3.03. The number of fused-ring (bicyclic) bond motifs is 1. The molecule has 0 saturated heterocycles. The first-order valence-corrected chi connectivity index (χ1v) is 16.4. The number of aryl methyl sites for hydroxylation is 3. The van der Waals surface area contributed by atoms with Crippen molar-refractivity contribution in [2.75, 3.05) is 31.1 Å². The molecule has 0 bridgehead atoms. The van der Waals surface area contributed by atoms with Gasteiger partial charge in [0.25, 0.3) is 5.91 Å². The summed E-state index contributed by atoms with van der Waals surface area (Å²) in [6.07, 6.45) is 4.24. The molecule has 1 amide bonds. The summed E-state index contributed by atoms with van der Waals surface area (Å²) in [5.74, 6) is 0.587. The molecule has 0 fully saturated rings. The Morgan fingerprint density at radius 3 is 2.18 bits per heavy atom. The quantitative estimate of drug-likeness (QED) is 0.143. The van der Waals surface area contributed by atoms with Gasteiger partial charge in [-0.3, -0.25) is 4.79 Å². The number of nitrogens with zero attached hydrogens (tertiary/aromatic N) is 2. The highest BCUT2D eigenvalue weighted by Crippen LogP contribution is 2.26. The Morgan fingerprint density at radius 2 is 1.56 bits per heavy atom. The molecule has 4 rings (SSSR count). The van der Waals surface area contributed by atoms with Crippen molar-refractivity contribution >= 4 is 22.5 Å². The van der Waals surface area contributed by atoms with E-state index in [0.717, 1.165) is 60.1 Å². The van der Waals surface area contributed by atoms with Gasteiger partial charge >= 0.3 is 0 Å². The number of anilines is 1. The molecule has 0 spiro atoms. The van der Waals surface area contributed by atoms with Crippen LogP contribution in [-0.2, 0) is 13.0 Å². The predicted octanol–water partition coefficient (Wildman–Crippen LogP) is 7.77. The lowest BCUT2D eigenvalue weighted by atomic mass is 10.1. The van der Waals surface area contributed by atoms with Crippen molar-refractivity contribution in [3.8, 4) is 0 Å². The summed E-state index contributed by atoms with van der Waals surface area (Å²) in [7, 11) is 0. The molecule has 45 heavy (non-hydrogen) atoms. The number of amides is 1. The third-order valence-electron chi connectivity index (χ3n) is 7.09. The zero-order valence-corrected chi connectivity index (χ0v) is 28.3. The van der Waals surface area contributed by atoms with Gasteiger partial charge in [0.15, 0.2) is 0 Å². The van der Waals surface area contributed by atoms with Gasteiger partial charge in [-0.1, -0.05) is 71.0 Å². The molecule has 3 aromatic carbocycles. The van der Waals surface area contributed by atoms with Gasteiger partial charge in [0, 0.05) is 49.9 Å². The minimum Gasteiger partial charge on any atom is -0.390 e. The van der Waals surface area contributed by atoms with Gasteiger partial charge in [0.2, 0.25) is 0 Å². The standard InChI is InChI=1S/C28H38N4O2.C8H9F.C2H6/c1-4-14-32(15-5-2)27-26-17-24(11-10-23(26)12-13-30-27)28(34)31-20-25(33)19-29-18-22-9-7-8-21(6-3)16-22;1-6-3-7(2)5-8(9)4-6;1-2/h7-13,16-17,25,29,33H,4-6,14-15,18-20H2,1-3H3,(H,31,34);3-5H,1-2H3;1-2H3. The van der Waals surface area contributed by atoms with E-state index in [1.54, 1.807) is 0 Å². The lowest BCUT2D eigenvalue weighted by Gasteiger charge is -2.24. The second-order valence-electron chi connectivity index (χ2n) is 11.0. The Balaban J connectivity index is 0.000000544. The Hall–Kier alpha value is -3.81. The number of nitrogens with one attached hydrogen (secondary N) is 2. The fraction of sp³-hybridized carbons (Fsp3) is 0.421. The van der Waals surface area contributed by atoms with Crippen LogP contribution in [0.1, 0.15) is 80.1 Å². The highest BCUT2D eigenvalue weighted by Gasteiger charge is 2.14. The van der Waals surface area contributed by atoms with E-state index >= 15 is 0 Å². The highest BCUT2D eigenvalue weighted by atomic mass is 19.1. The molecule has 244 valence electrons. The lowest BCUT2D eigenvalue weighted by Crippen LogP contribution is -2.38. The Kier molecular flexibility index (Phi) is 16.8. The zero-order chi connectivity index (χ0) is 33.2. The maximum Gasteiger partial charge on any atom is 0.251 e. The van der Waals surface area contributed by atoms with Gasteiger partial charge < -0.3 is 20.6 Å². The van der Waals surface area contributed by atoms with Crippen LogP contribution < -0.4 is 15.5 Å². The Labute approximate surface area is 270 Å². The number of aromatic nitrogens is 1. The van der Waals surface area contributed by atoms with Crippen LogP contribution in [0.2, 0.25) is 0 Å². The van der Waals surface area contributed by atoms with Crippen molar-refractivity contribution < 1.29 is 14.3 Å². The number of rotatable bonds is 13. The molecule has 1 aromatic heterocycles. The maximum absolute atomic E-state index is 12.8. The first-order valence-electron chi connectivity index (χ1n) is 16.4. The lowest BCUT2D eigenvalue weighted by molar-refractivity contribution is 0.0915. The average molecular weight is 617 g/mol. The summed E-state index contributed by atoms with van der Waals surface area (Å²) in [4.78, 5) is 19.7. The number of halogens is 1. The molecule has 1 unspecified atom stereocenters. The predicted molar refractivity (Wildman–Crippen MR) is 188 cm³/mol. The second-order valence-corrected chi connectivity index (χ2v) is 11.0. The van der Waals surface area contributed by atoms with Crippen LogP contribution in [0.4, 0.5) is 10.2 Å². The SMILES string of the molecule is CC.CCCN(CCC)c1nccc2ccc(C(=O)NCC(O)CNCc3cccc(CC)c3)cc12.Cc1cc(C)cc(F)c1. The minimum absolute atomic E-state index is 0.146. The molecule has 1 atom stereocenters. The van der Waals surface area contributed by atoms with Gasteiger partial charge in [-0.2, -0.15) is 0 Å². The van der Waals surface area contributed by atoms with Crippen LogP contribution in [0.5, 0.6) is 0 Å². The van der Waals surface area contributed by atoms with Crippen LogP contribution >= 0.6 is 0 Å². The summed E-state index contributed by atoms with van der Waals surface area (Å²) in [5.41, 5.74) is 5.02. The van der Waals surface area contributed by atoms with E-state index in [-0.39, 0.29) is 18.3 Å². The minimum atomic E-state index is -0.666. The van der Waals surface area contributed by atoms with E-state index in [4.69, 9.17) is 0 Å². The van der Waals surface area contributed by atoms with Gasteiger partial charge in [0.05, 0.1) is 6.10 Å². The van der Waals surface area contributed by atoms with E-state index in [9.17, 15) is 14.3 Å². The Morgan fingerprint density at radius 1 is 0.889 bits per heavy atom. The van der Waals surface area contributed by atoms with Crippen LogP contribution in [0.25, 0.3) is 10.8 Å². The first kappa shape index (κ1) is 37.4. The fourth-order valence-corrected chi connectivity index (χ4v) is 5.06. The van der Waals surface area contributed by atoms with Crippen LogP contribution in [0, 0.1) is 19.7 Å². The molecule has 3 N–H and O–H groups in total. The maximum atomic E-state index is 12.8. The molecule has 0 saturated carbocycles. The summed E-state index contributed by atoms with van der Waals surface area (Å²) < 4.78 is 12.4. The topological polar surface area (TPSA) is 77.5 Å². The van der Waals surface area contributed by atoms with Gasteiger partial charge in [-0.05, 0) is 91.1 Å². The number of benzene rings is 3. The fourth-order valence-electron chi connectivity index (χ4n) is 5.06. The zero-order valence-electron chi connectivity index (χ0n) is 28.3. The normalized spacial score (nSPS) is 11.1. The molecule has 6 nitrogen and oxygen atoms in total. The smallest absolute Gasteiger partial charge is 0.251 e. The number of aliphatic hydroxyl groups is 1. The molecule has 0 radical (unpaired) electrons. The van der Waals surface area contributed by atoms with E-state index in [1.165, 1.54) is 23.3 Å². The number of carbonyl (C=O) groups excluding carboxylic acids is 1. The molecule has 7 heteroatoms. The van der Waals surface area contributed by atoms with E-state index in [2.05, 4.69) is 65.6 Å². The third kappa shape index (κ3) is 12.6. The van der Waals surface area contributed by atoms with Crippen LogP contribution in [0.15, 0.2) is 72.9 Å². The molecular weight excluding hydrogens is 563 g/mol. The number of aliphatic hydroxyl groups excluding tert-OH is 1. The number of hydrogen-bond donors (Lipinski definition) is 3. The summed E-state index contributed by atoms with van der Waals surface area (Å²) in [5, 5.41) is 18.5. The van der Waals surface area contributed by atoms with Gasteiger partial charge in [0.1, 0.15) is 11.6 Å². The molecule has 4 aromatic rings. The van der Waals surface area contributed by atoms with Crippen molar-refractivity contribution in [2.24, 2.45) is 0 Å². The Bertz CT molecular complexity index is 1400. The van der Waals surface area contributed by atoms with Crippen LogP contribution in [-0.4, -0.2) is 48.3 Å². The molecule has 1 heterocycles. The van der Waals surface area contributed by atoms with Crippen molar-refractivity contribution in [1.82, 2.24) is 15.6 Å². The summed E-state index contributed by atoms with van der Waals surface area (Å²) in [6.45, 7) is 17.4. The van der Waals surface area contributed by atoms with Crippen molar-refractivity contribution in [2.45, 2.75) is 80.4 Å². The molecule has 0 aliphatic heterocycles. The van der Waals surface area contributed by atoms with E-state index < -0.39 is 6.10 Å². The largest absolute Gasteiger partial charge is 0.390 e. The van der Waals surface area contributed by atoms with E-state index in [1.807, 2.05) is 64.2 Å². The second kappa shape index (κ2) is 20.3. The summed E-state index contributed by atoms with van der Waals surface area (Å²) >= 11 is 0.